The van der Waals surface area contributed by atoms with Crippen LogP contribution >= 0.6 is 11.3 Å². The van der Waals surface area contributed by atoms with Crippen LogP contribution in [0.5, 0.6) is 11.5 Å². The monoisotopic (exact) mass is 423 g/mol. The van der Waals surface area contributed by atoms with E-state index in [-0.39, 0.29) is 12.6 Å². The smallest absolute Gasteiger partial charge is 0.353 e. The molecule has 0 atom stereocenters. The van der Waals surface area contributed by atoms with Gasteiger partial charge in [0.25, 0.3) is 0 Å². The van der Waals surface area contributed by atoms with Crippen LogP contribution in [0.25, 0.3) is 11.0 Å². The fourth-order valence-electron chi connectivity index (χ4n) is 2.74. The Kier molecular flexibility index (Phi) is 5.76. The van der Waals surface area contributed by atoms with Crippen LogP contribution in [0.2, 0.25) is 0 Å². The van der Waals surface area contributed by atoms with Crippen LogP contribution in [-0.2, 0) is 11.3 Å². The summed E-state index contributed by atoms with van der Waals surface area (Å²) in [6.07, 6.45) is 0. The zero-order valence-electron chi connectivity index (χ0n) is 16.0. The van der Waals surface area contributed by atoms with Crippen molar-refractivity contribution < 1.29 is 28.3 Å². The molecule has 0 bridgehead atoms. The average Bonchev–Trinajstić information content (AvgIpc) is 3.43. The van der Waals surface area contributed by atoms with Gasteiger partial charge in [-0.2, -0.15) is 0 Å². The van der Waals surface area contributed by atoms with Crippen molar-refractivity contribution in [1.82, 2.24) is 5.16 Å². The van der Waals surface area contributed by atoms with E-state index in [2.05, 4.69) is 5.16 Å². The van der Waals surface area contributed by atoms with Crippen LogP contribution in [-0.4, -0.2) is 23.7 Å². The summed E-state index contributed by atoms with van der Waals surface area (Å²) in [5, 5.41) is 6.61. The number of carbonyl (C=O) groups excluding carboxylic acids is 2. The quantitative estimate of drug-likeness (QED) is 0.310. The van der Waals surface area contributed by atoms with Gasteiger partial charge in [0.05, 0.1) is 12.2 Å². The van der Waals surface area contributed by atoms with Gasteiger partial charge in [0.1, 0.15) is 28.7 Å². The first kappa shape index (κ1) is 19.7. The highest BCUT2D eigenvalue weighted by Crippen LogP contribution is 2.26. The first-order chi connectivity index (χ1) is 14.6. The van der Waals surface area contributed by atoms with Crippen molar-refractivity contribution >= 4 is 34.2 Å². The molecule has 0 spiro atoms. The normalized spacial score (nSPS) is 10.7. The number of thiophene rings is 1. The molecule has 0 saturated carbocycles. The molecule has 0 N–H and O–H groups in total. The van der Waals surface area contributed by atoms with E-state index in [0.29, 0.717) is 39.8 Å². The van der Waals surface area contributed by atoms with Gasteiger partial charge in [0.2, 0.25) is 0 Å². The molecular weight excluding hydrogens is 406 g/mol. The van der Waals surface area contributed by atoms with Crippen molar-refractivity contribution in [3.8, 4) is 11.5 Å². The third-order valence-corrected chi connectivity index (χ3v) is 5.04. The fraction of sp³-hybridized carbons (Fsp3) is 0.136. The maximum Gasteiger partial charge on any atom is 0.353 e. The highest BCUT2D eigenvalue weighted by atomic mass is 32.1. The molecule has 2 aromatic heterocycles. The Labute approximate surface area is 175 Å². The molecule has 2 aromatic carbocycles. The Balaban J connectivity index is 1.41. The van der Waals surface area contributed by atoms with E-state index >= 15 is 0 Å². The molecule has 0 saturated heterocycles. The van der Waals surface area contributed by atoms with Gasteiger partial charge >= 0.3 is 11.9 Å². The standard InChI is InChI=1S/C22H17NO6S/c1-2-26-21(24)14-5-7-15(8-6-14)27-13-18-17-10-9-16(12-19(17)29-23-18)28-22(25)20-4-3-11-30-20/h3-12H,2,13H2,1H3. The Bertz CT molecular complexity index is 1160. The SMILES string of the molecule is CCOC(=O)c1ccc(OCc2noc3cc(OC(=O)c4cccs4)ccc23)cc1. The molecule has 2 heterocycles. The van der Waals surface area contributed by atoms with Crippen molar-refractivity contribution in [3.63, 3.8) is 0 Å². The molecule has 0 fully saturated rings. The van der Waals surface area contributed by atoms with E-state index in [4.69, 9.17) is 18.7 Å². The zero-order chi connectivity index (χ0) is 20.9. The highest BCUT2D eigenvalue weighted by Gasteiger charge is 2.14. The molecule has 4 rings (SSSR count). The van der Waals surface area contributed by atoms with Crippen LogP contribution in [0.4, 0.5) is 0 Å². The Morgan fingerprint density at radius 3 is 2.57 bits per heavy atom. The number of carbonyl (C=O) groups is 2. The van der Waals surface area contributed by atoms with E-state index in [9.17, 15) is 9.59 Å². The third-order valence-electron chi connectivity index (χ3n) is 4.19. The number of nitrogens with zero attached hydrogens (tertiary/aromatic N) is 1. The average molecular weight is 423 g/mol. The summed E-state index contributed by atoms with van der Waals surface area (Å²) in [4.78, 5) is 24.3. The summed E-state index contributed by atoms with van der Waals surface area (Å²) in [5.74, 6) is 0.167. The van der Waals surface area contributed by atoms with Crippen molar-refractivity contribution in [2.24, 2.45) is 0 Å². The molecule has 0 aliphatic rings. The van der Waals surface area contributed by atoms with Crippen molar-refractivity contribution in [3.05, 3.63) is 76.1 Å². The molecule has 7 nitrogen and oxygen atoms in total. The highest BCUT2D eigenvalue weighted by molar-refractivity contribution is 7.12. The third kappa shape index (κ3) is 4.33. The van der Waals surface area contributed by atoms with Crippen LogP contribution in [0, 0.1) is 0 Å². The van der Waals surface area contributed by atoms with Crippen LogP contribution in [0.15, 0.2) is 64.5 Å². The summed E-state index contributed by atoms with van der Waals surface area (Å²) in [6.45, 7) is 2.26. The Morgan fingerprint density at radius 1 is 1.03 bits per heavy atom. The minimum absolute atomic E-state index is 0.181. The van der Waals surface area contributed by atoms with Gasteiger partial charge in [0, 0.05) is 11.5 Å². The van der Waals surface area contributed by atoms with Gasteiger partial charge in [-0.15, -0.1) is 11.3 Å². The van der Waals surface area contributed by atoms with Crippen molar-refractivity contribution in [2.75, 3.05) is 6.61 Å². The van der Waals surface area contributed by atoms with E-state index < -0.39 is 5.97 Å². The number of hydrogen-bond acceptors (Lipinski definition) is 8. The van der Waals surface area contributed by atoms with Gasteiger partial charge < -0.3 is 18.7 Å². The lowest BCUT2D eigenvalue weighted by Gasteiger charge is -2.06. The van der Waals surface area contributed by atoms with Crippen LogP contribution in [0.1, 0.15) is 32.6 Å². The molecule has 30 heavy (non-hydrogen) atoms. The number of aromatic nitrogens is 1. The lowest BCUT2D eigenvalue weighted by molar-refractivity contribution is 0.0526. The number of rotatable bonds is 7. The lowest BCUT2D eigenvalue weighted by Crippen LogP contribution is -2.06. The first-order valence-corrected chi connectivity index (χ1v) is 10.1. The fourth-order valence-corrected chi connectivity index (χ4v) is 3.34. The molecule has 8 heteroatoms. The number of benzene rings is 2. The van der Waals surface area contributed by atoms with E-state index in [1.54, 1.807) is 61.5 Å². The minimum atomic E-state index is -0.418. The molecular formula is C22H17NO6S. The van der Waals surface area contributed by atoms with Crippen LogP contribution < -0.4 is 9.47 Å². The first-order valence-electron chi connectivity index (χ1n) is 9.18. The Hall–Kier alpha value is -3.65. The molecule has 0 aliphatic heterocycles. The molecule has 4 aromatic rings. The second-order valence-electron chi connectivity index (χ2n) is 6.19. The number of fused-ring (bicyclic) bond motifs is 1. The summed E-state index contributed by atoms with van der Waals surface area (Å²) in [6, 6.07) is 15.2. The predicted octanol–water partition coefficient (Wildman–Crippen LogP) is 4.86. The van der Waals surface area contributed by atoms with Gasteiger partial charge in [-0.1, -0.05) is 11.2 Å². The van der Waals surface area contributed by atoms with Crippen molar-refractivity contribution in [2.45, 2.75) is 13.5 Å². The second kappa shape index (κ2) is 8.79. The van der Waals surface area contributed by atoms with Gasteiger partial charge in [-0.25, -0.2) is 9.59 Å². The molecule has 0 unspecified atom stereocenters. The summed E-state index contributed by atoms with van der Waals surface area (Å²) in [5.41, 5.74) is 1.55. The van der Waals surface area contributed by atoms with E-state index in [1.165, 1.54) is 11.3 Å². The largest absolute Gasteiger partial charge is 0.487 e. The molecule has 0 amide bonds. The van der Waals surface area contributed by atoms with Crippen molar-refractivity contribution in [1.29, 1.82) is 0 Å². The van der Waals surface area contributed by atoms with E-state index in [0.717, 1.165) is 5.39 Å². The topological polar surface area (TPSA) is 87.9 Å². The molecule has 0 aliphatic carbocycles. The second-order valence-corrected chi connectivity index (χ2v) is 7.14. The number of hydrogen-bond donors (Lipinski definition) is 0. The summed E-state index contributed by atoms with van der Waals surface area (Å²) >= 11 is 1.31. The number of ether oxygens (including phenoxy) is 3. The van der Waals surface area contributed by atoms with E-state index in [1.807, 2.05) is 5.38 Å². The minimum Gasteiger partial charge on any atom is -0.487 e. The summed E-state index contributed by atoms with van der Waals surface area (Å²) in [7, 11) is 0. The number of esters is 2. The molecule has 152 valence electrons. The maximum absolute atomic E-state index is 12.1. The lowest BCUT2D eigenvalue weighted by atomic mass is 10.2. The molecule has 0 radical (unpaired) electrons. The summed E-state index contributed by atoms with van der Waals surface area (Å²) < 4.78 is 21.4. The Morgan fingerprint density at radius 2 is 1.83 bits per heavy atom. The maximum atomic E-state index is 12.1. The zero-order valence-corrected chi connectivity index (χ0v) is 16.8. The van der Waals surface area contributed by atoms with Gasteiger partial charge in [-0.3, -0.25) is 0 Å². The van der Waals surface area contributed by atoms with Gasteiger partial charge in [-0.05, 0) is 54.8 Å². The van der Waals surface area contributed by atoms with Crippen LogP contribution in [0.3, 0.4) is 0 Å². The van der Waals surface area contributed by atoms with Gasteiger partial charge in [0.15, 0.2) is 5.58 Å². The predicted molar refractivity (Wildman–Crippen MR) is 110 cm³/mol.